The van der Waals surface area contributed by atoms with Gasteiger partial charge in [0.2, 0.25) is 12.7 Å². The number of unbranched alkanes of at least 4 members (excludes halogenated alkanes) is 6. The summed E-state index contributed by atoms with van der Waals surface area (Å²) in [4.78, 5) is 0. The normalized spacial score (nSPS) is 9.69. The Bertz CT molecular complexity index is 539. The molecule has 0 amide bonds. The highest BCUT2D eigenvalue weighted by atomic mass is 79.9. The van der Waals surface area contributed by atoms with Crippen molar-refractivity contribution >= 4 is 0 Å². The predicted molar refractivity (Wildman–Crippen MR) is 99.5 cm³/mol. The maximum absolute atomic E-state index is 2.26. The molecule has 2 aromatic heterocycles. The van der Waals surface area contributed by atoms with Crippen molar-refractivity contribution in [3.05, 3.63) is 37.4 Å². The number of hydrogen-bond donors (Lipinski definition) is 0. The van der Waals surface area contributed by atoms with Gasteiger partial charge in [0.25, 0.3) is 0 Å². The van der Waals surface area contributed by atoms with E-state index in [1.54, 1.807) is 0 Å². The van der Waals surface area contributed by atoms with Crippen LogP contribution in [0, 0.1) is 0 Å². The molecule has 152 valence electrons. The topological polar surface area (TPSA) is 17.6 Å². The van der Waals surface area contributed by atoms with E-state index in [4.69, 9.17) is 0 Å². The molecule has 0 saturated carbocycles. The lowest BCUT2D eigenvalue weighted by atomic mass is 10.1. The first kappa shape index (κ1) is 27.4. The predicted octanol–water partition coefficient (Wildman–Crippen LogP) is -2.21. The van der Waals surface area contributed by atoms with Gasteiger partial charge in [0.15, 0.2) is 0 Å². The van der Waals surface area contributed by atoms with E-state index >= 15 is 0 Å². The van der Waals surface area contributed by atoms with Gasteiger partial charge in [-0.2, -0.15) is 0 Å². The van der Waals surface area contributed by atoms with E-state index < -0.39 is 0 Å². The van der Waals surface area contributed by atoms with Crippen molar-refractivity contribution in [2.75, 3.05) is 0 Å². The first-order chi connectivity index (χ1) is 11.7. The van der Waals surface area contributed by atoms with Crippen LogP contribution in [-0.4, -0.2) is 9.13 Å². The Morgan fingerprint density at radius 2 is 1.08 bits per heavy atom. The van der Waals surface area contributed by atoms with Crippen molar-refractivity contribution in [3.8, 4) is 0 Å². The minimum absolute atomic E-state index is 0. The van der Waals surface area contributed by atoms with Crippen LogP contribution in [0.3, 0.4) is 0 Å². The highest BCUT2D eigenvalue weighted by molar-refractivity contribution is 4.66. The Kier molecular flexibility index (Phi) is 18.6. The standard InChI is InChI=1S/C12H23N2.C8H15N2.BrH.ClH/c1-3-4-5-6-7-8-9-14-11-10-13(2)12-14;1-3-4-5-10-7-6-9(2)8-10;;/h10-12H,3-9H2,1-2H3;6-8H,3-5H2,1-2H3;2*1H/q2*+1;;/p-2. The summed E-state index contributed by atoms with van der Waals surface area (Å²) in [6.07, 6.45) is 23.5. The number of aromatic nitrogens is 4. The van der Waals surface area contributed by atoms with Gasteiger partial charge in [-0.3, -0.25) is 0 Å². The summed E-state index contributed by atoms with van der Waals surface area (Å²) in [5.74, 6) is 0. The number of imidazole rings is 2. The number of aryl methyl sites for hydroxylation is 4. The summed E-state index contributed by atoms with van der Waals surface area (Å²) >= 11 is 0. The molecule has 0 unspecified atom stereocenters. The lowest BCUT2D eigenvalue weighted by Gasteiger charge is -1.98. The van der Waals surface area contributed by atoms with E-state index in [0.717, 1.165) is 6.54 Å². The fourth-order valence-corrected chi connectivity index (χ4v) is 2.68. The molecule has 0 radical (unpaired) electrons. The summed E-state index contributed by atoms with van der Waals surface area (Å²) in [5.41, 5.74) is 0. The third-order valence-electron chi connectivity index (χ3n) is 4.19. The molecule has 6 heteroatoms. The monoisotopic (exact) mass is 448 g/mol. The SMILES string of the molecule is CCCCCCCCn1cc[n+](C)c1.CCCCn1cc[n+](C)c1.[Br-].[Cl-]. The molecule has 2 rings (SSSR count). The Labute approximate surface area is 177 Å². The van der Waals surface area contributed by atoms with E-state index in [2.05, 4.69) is 76.6 Å². The molecular formula is C20H38BrClN4. The van der Waals surface area contributed by atoms with E-state index in [1.807, 2.05) is 7.05 Å². The molecule has 0 fully saturated rings. The number of hydrogen-bond acceptors (Lipinski definition) is 0. The van der Waals surface area contributed by atoms with Gasteiger partial charge in [0.05, 0.1) is 27.2 Å². The lowest BCUT2D eigenvalue weighted by molar-refractivity contribution is -0.671. The van der Waals surface area contributed by atoms with Crippen molar-refractivity contribution in [1.82, 2.24) is 9.13 Å². The molecule has 2 heterocycles. The molecule has 0 aromatic carbocycles. The van der Waals surface area contributed by atoms with Crippen LogP contribution in [0.25, 0.3) is 0 Å². The minimum atomic E-state index is 0. The summed E-state index contributed by atoms with van der Waals surface area (Å²) in [7, 11) is 4.11. The maximum atomic E-state index is 2.26. The zero-order valence-corrected chi connectivity index (χ0v) is 19.4. The quantitative estimate of drug-likeness (QED) is 0.289. The van der Waals surface area contributed by atoms with Crippen LogP contribution in [0.5, 0.6) is 0 Å². The highest BCUT2D eigenvalue weighted by Crippen LogP contribution is 2.05. The average molecular weight is 450 g/mol. The van der Waals surface area contributed by atoms with Crippen molar-refractivity contribution in [1.29, 1.82) is 0 Å². The largest absolute Gasteiger partial charge is 1.00 e. The van der Waals surface area contributed by atoms with Gasteiger partial charge in [-0.15, -0.1) is 0 Å². The fraction of sp³-hybridized carbons (Fsp3) is 0.700. The number of rotatable bonds is 10. The van der Waals surface area contributed by atoms with Crippen molar-refractivity contribution in [2.24, 2.45) is 14.1 Å². The Morgan fingerprint density at radius 3 is 1.50 bits per heavy atom. The molecule has 0 bridgehead atoms. The molecule has 26 heavy (non-hydrogen) atoms. The molecule has 0 N–H and O–H groups in total. The van der Waals surface area contributed by atoms with Gasteiger partial charge in [0, 0.05) is 0 Å². The second-order valence-corrected chi connectivity index (χ2v) is 6.76. The van der Waals surface area contributed by atoms with Crippen molar-refractivity contribution < 1.29 is 38.5 Å². The third kappa shape index (κ3) is 13.4. The van der Waals surface area contributed by atoms with Crippen molar-refractivity contribution in [3.63, 3.8) is 0 Å². The van der Waals surface area contributed by atoms with Crippen LogP contribution >= 0.6 is 0 Å². The van der Waals surface area contributed by atoms with E-state index in [0.29, 0.717) is 0 Å². The highest BCUT2D eigenvalue weighted by Gasteiger charge is 1.99. The van der Waals surface area contributed by atoms with Gasteiger partial charge in [-0.25, -0.2) is 18.3 Å². The Hall–Kier alpha value is -0.810. The summed E-state index contributed by atoms with van der Waals surface area (Å²) in [5, 5.41) is 0. The second-order valence-electron chi connectivity index (χ2n) is 6.76. The van der Waals surface area contributed by atoms with Crippen LogP contribution in [-0.2, 0) is 27.2 Å². The van der Waals surface area contributed by atoms with E-state index in [9.17, 15) is 0 Å². The van der Waals surface area contributed by atoms with Crippen LogP contribution in [0.15, 0.2) is 37.4 Å². The van der Waals surface area contributed by atoms with E-state index in [1.165, 1.54) is 57.9 Å². The van der Waals surface area contributed by atoms with Gasteiger partial charge in [-0.1, -0.05) is 46.0 Å². The van der Waals surface area contributed by atoms with E-state index in [-0.39, 0.29) is 29.4 Å². The van der Waals surface area contributed by atoms with Gasteiger partial charge < -0.3 is 29.4 Å². The average Bonchev–Trinajstić information content (AvgIpc) is 3.18. The number of halogens is 2. The smallest absolute Gasteiger partial charge is 0.243 e. The third-order valence-corrected chi connectivity index (χ3v) is 4.19. The summed E-state index contributed by atoms with van der Waals surface area (Å²) < 4.78 is 8.63. The van der Waals surface area contributed by atoms with Gasteiger partial charge in [0.1, 0.15) is 24.8 Å². The summed E-state index contributed by atoms with van der Waals surface area (Å²) in [6, 6.07) is 0. The van der Waals surface area contributed by atoms with Crippen molar-refractivity contribution in [2.45, 2.75) is 78.3 Å². The van der Waals surface area contributed by atoms with Gasteiger partial charge in [-0.05, 0) is 19.3 Å². The first-order valence-corrected chi connectivity index (χ1v) is 9.67. The zero-order valence-electron chi connectivity index (χ0n) is 17.1. The molecule has 0 aliphatic rings. The molecule has 0 spiro atoms. The molecule has 0 aliphatic carbocycles. The van der Waals surface area contributed by atoms with Gasteiger partial charge >= 0.3 is 0 Å². The summed E-state index contributed by atoms with van der Waals surface area (Å²) in [6.45, 7) is 6.80. The molecule has 0 atom stereocenters. The second kappa shape index (κ2) is 17.6. The van der Waals surface area contributed by atoms with Crippen LogP contribution < -0.4 is 38.5 Å². The van der Waals surface area contributed by atoms with Crippen LogP contribution in [0.4, 0.5) is 0 Å². The maximum Gasteiger partial charge on any atom is 0.243 e. The molecule has 4 nitrogen and oxygen atoms in total. The fourth-order valence-electron chi connectivity index (χ4n) is 2.68. The lowest BCUT2D eigenvalue weighted by Crippen LogP contribution is -3.00. The molecular weight excluding hydrogens is 412 g/mol. The number of nitrogens with zero attached hydrogens (tertiary/aromatic N) is 4. The molecule has 0 saturated heterocycles. The minimum Gasteiger partial charge on any atom is -1.00 e. The molecule has 0 aliphatic heterocycles. The van der Waals surface area contributed by atoms with Crippen LogP contribution in [0.1, 0.15) is 65.2 Å². The molecule has 2 aromatic rings. The van der Waals surface area contributed by atoms with Crippen LogP contribution in [0.2, 0.25) is 0 Å². The Morgan fingerprint density at radius 1 is 0.654 bits per heavy atom. The first-order valence-electron chi connectivity index (χ1n) is 9.67. The zero-order chi connectivity index (χ0) is 17.6. The Balaban J connectivity index is 0.